The zero-order valence-electron chi connectivity index (χ0n) is 13.0. The predicted molar refractivity (Wildman–Crippen MR) is 80.9 cm³/mol. The van der Waals surface area contributed by atoms with Gasteiger partial charge >= 0.3 is 11.9 Å². The minimum atomic E-state index is -1.31. The molecule has 0 rings (SSSR count). The van der Waals surface area contributed by atoms with Crippen LogP contribution in [0.4, 0.5) is 0 Å². The van der Waals surface area contributed by atoms with E-state index in [9.17, 15) is 14.4 Å². The second kappa shape index (κ2) is 16.5. The fourth-order valence-corrected chi connectivity index (χ4v) is 1.74. The first-order valence-corrected chi connectivity index (χ1v) is 7.62. The van der Waals surface area contributed by atoms with Crippen molar-refractivity contribution in [1.29, 1.82) is 0 Å². The van der Waals surface area contributed by atoms with E-state index in [2.05, 4.69) is 6.92 Å². The monoisotopic (exact) mass is 303 g/mol. The summed E-state index contributed by atoms with van der Waals surface area (Å²) in [6.07, 6.45) is 11.3. The molecule has 0 unspecified atom stereocenters. The summed E-state index contributed by atoms with van der Waals surface area (Å²) in [4.78, 5) is 29.3. The normalized spacial score (nSPS) is 9.57. The van der Waals surface area contributed by atoms with Crippen molar-refractivity contribution in [2.24, 2.45) is 5.73 Å². The summed E-state index contributed by atoms with van der Waals surface area (Å²) in [6, 6.07) is 0. The zero-order chi connectivity index (χ0) is 16.5. The van der Waals surface area contributed by atoms with Gasteiger partial charge in [0, 0.05) is 6.42 Å². The maximum atomic E-state index is 10.4. The largest absolute Gasteiger partial charge is 0.481 e. The molecule has 0 aliphatic carbocycles. The minimum absolute atomic E-state index is 0.159. The van der Waals surface area contributed by atoms with E-state index < -0.39 is 18.4 Å². The van der Waals surface area contributed by atoms with E-state index in [1.54, 1.807) is 0 Å². The van der Waals surface area contributed by atoms with Gasteiger partial charge in [0.25, 0.3) is 0 Å². The Morgan fingerprint density at radius 3 is 1.43 bits per heavy atom. The quantitative estimate of drug-likeness (QED) is 0.378. The SMILES string of the molecule is CCCCCCCCCCCC(N)=O.O=C(O)CC(=O)O. The molecule has 0 atom stereocenters. The smallest absolute Gasteiger partial charge is 0.314 e. The van der Waals surface area contributed by atoms with Crippen LogP contribution in [0.25, 0.3) is 0 Å². The molecule has 124 valence electrons. The van der Waals surface area contributed by atoms with Crippen molar-refractivity contribution >= 4 is 17.8 Å². The van der Waals surface area contributed by atoms with E-state index in [4.69, 9.17) is 15.9 Å². The van der Waals surface area contributed by atoms with Crippen LogP contribution in [0.5, 0.6) is 0 Å². The lowest BCUT2D eigenvalue weighted by atomic mass is 10.1. The number of rotatable bonds is 12. The zero-order valence-corrected chi connectivity index (χ0v) is 13.0. The van der Waals surface area contributed by atoms with Crippen molar-refractivity contribution in [2.75, 3.05) is 0 Å². The molecule has 0 aromatic heterocycles. The maximum Gasteiger partial charge on any atom is 0.314 e. The van der Waals surface area contributed by atoms with Crippen molar-refractivity contribution in [1.82, 2.24) is 0 Å². The number of carbonyl (C=O) groups is 3. The van der Waals surface area contributed by atoms with E-state index in [0.29, 0.717) is 6.42 Å². The Morgan fingerprint density at radius 1 is 0.762 bits per heavy atom. The molecule has 0 fully saturated rings. The first-order chi connectivity index (χ1) is 9.90. The van der Waals surface area contributed by atoms with Gasteiger partial charge in [-0.05, 0) is 6.42 Å². The van der Waals surface area contributed by atoms with Crippen LogP contribution in [0.2, 0.25) is 0 Å². The summed E-state index contributed by atoms with van der Waals surface area (Å²) < 4.78 is 0. The predicted octanol–water partition coefficient (Wildman–Crippen LogP) is 2.94. The molecule has 0 aromatic rings. The first kappa shape index (κ1) is 21.7. The molecule has 0 saturated carbocycles. The number of aliphatic carboxylic acids is 2. The summed E-state index contributed by atoms with van der Waals surface area (Å²) in [5, 5.41) is 15.4. The number of carboxylic acids is 2. The van der Waals surface area contributed by atoms with Gasteiger partial charge in [-0.15, -0.1) is 0 Å². The molecule has 0 saturated heterocycles. The Balaban J connectivity index is 0. The van der Waals surface area contributed by atoms with Crippen LogP contribution in [-0.2, 0) is 14.4 Å². The topological polar surface area (TPSA) is 118 Å². The molecule has 6 heteroatoms. The van der Waals surface area contributed by atoms with Crippen LogP contribution in [0.15, 0.2) is 0 Å². The average Bonchev–Trinajstić information content (AvgIpc) is 2.35. The van der Waals surface area contributed by atoms with Crippen molar-refractivity contribution in [3.05, 3.63) is 0 Å². The highest BCUT2D eigenvalue weighted by molar-refractivity contribution is 5.88. The Morgan fingerprint density at radius 2 is 1.14 bits per heavy atom. The van der Waals surface area contributed by atoms with Gasteiger partial charge in [-0.1, -0.05) is 58.3 Å². The van der Waals surface area contributed by atoms with Crippen LogP contribution in [-0.4, -0.2) is 28.1 Å². The summed E-state index contributed by atoms with van der Waals surface area (Å²) in [5.74, 6) is -2.78. The van der Waals surface area contributed by atoms with Crippen LogP contribution < -0.4 is 5.73 Å². The lowest BCUT2D eigenvalue weighted by molar-refractivity contribution is -0.147. The van der Waals surface area contributed by atoms with E-state index in [-0.39, 0.29) is 5.91 Å². The van der Waals surface area contributed by atoms with Crippen LogP contribution >= 0.6 is 0 Å². The molecule has 0 spiro atoms. The molecule has 0 bridgehead atoms. The summed E-state index contributed by atoms with van der Waals surface area (Å²) in [7, 11) is 0. The van der Waals surface area contributed by atoms with E-state index in [0.717, 1.165) is 12.8 Å². The number of carboxylic acid groups (broad SMARTS) is 2. The van der Waals surface area contributed by atoms with Gasteiger partial charge in [-0.25, -0.2) is 0 Å². The number of carbonyl (C=O) groups excluding carboxylic acids is 1. The van der Waals surface area contributed by atoms with Crippen molar-refractivity contribution in [3.63, 3.8) is 0 Å². The van der Waals surface area contributed by atoms with Crippen LogP contribution in [0, 0.1) is 0 Å². The summed E-state index contributed by atoms with van der Waals surface area (Å²) in [6.45, 7) is 2.24. The maximum absolute atomic E-state index is 10.4. The lowest BCUT2D eigenvalue weighted by Crippen LogP contribution is -2.09. The average molecular weight is 303 g/mol. The second-order valence-corrected chi connectivity index (χ2v) is 5.01. The fraction of sp³-hybridized carbons (Fsp3) is 0.800. The van der Waals surface area contributed by atoms with Gasteiger partial charge in [0.15, 0.2) is 0 Å². The molecule has 0 aliphatic heterocycles. The number of primary amides is 1. The van der Waals surface area contributed by atoms with Gasteiger partial charge in [-0.2, -0.15) is 0 Å². The van der Waals surface area contributed by atoms with E-state index in [1.165, 1.54) is 44.9 Å². The molecule has 0 aliphatic rings. The molecule has 6 nitrogen and oxygen atoms in total. The third-order valence-electron chi connectivity index (χ3n) is 2.83. The molecule has 4 N–H and O–H groups in total. The van der Waals surface area contributed by atoms with Crippen LogP contribution in [0.3, 0.4) is 0 Å². The Bertz CT molecular complexity index is 280. The van der Waals surface area contributed by atoms with Crippen molar-refractivity contribution in [2.45, 2.75) is 77.6 Å². The van der Waals surface area contributed by atoms with Crippen LogP contribution in [0.1, 0.15) is 77.6 Å². The summed E-state index contributed by atoms with van der Waals surface area (Å²) in [5.41, 5.74) is 5.05. The van der Waals surface area contributed by atoms with Gasteiger partial charge in [0.05, 0.1) is 0 Å². The van der Waals surface area contributed by atoms with Crippen molar-refractivity contribution < 1.29 is 24.6 Å². The third-order valence-corrected chi connectivity index (χ3v) is 2.83. The van der Waals surface area contributed by atoms with Gasteiger partial charge < -0.3 is 15.9 Å². The standard InChI is InChI=1S/C12H25NO.C3H4O4/c1-2-3-4-5-6-7-8-9-10-11-12(13)14;4-2(5)1-3(6)7/h2-11H2,1H3,(H2,13,14);1H2,(H,4,5)(H,6,7). The molecular weight excluding hydrogens is 274 g/mol. The van der Waals surface area contributed by atoms with E-state index in [1.807, 2.05) is 0 Å². The number of amides is 1. The number of hydrogen-bond acceptors (Lipinski definition) is 3. The molecular formula is C15H29NO5. The Hall–Kier alpha value is -1.59. The van der Waals surface area contributed by atoms with Gasteiger partial charge in [-0.3, -0.25) is 14.4 Å². The molecule has 1 amide bonds. The highest BCUT2D eigenvalue weighted by Crippen LogP contribution is 2.10. The molecule has 0 heterocycles. The van der Waals surface area contributed by atoms with Crippen molar-refractivity contribution in [3.8, 4) is 0 Å². The lowest BCUT2D eigenvalue weighted by Gasteiger charge is -2.00. The number of nitrogens with two attached hydrogens (primary N) is 1. The third kappa shape index (κ3) is 27.6. The number of unbranched alkanes of at least 4 members (excludes halogenated alkanes) is 8. The second-order valence-electron chi connectivity index (χ2n) is 5.01. The van der Waals surface area contributed by atoms with E-state index >= 15 is 0 Å². The highest BCUT2D eigenvalue weighted by Gasteiger charge is 2.01. The van der Waals surface area contributed by atoms with Gasteiger partial charge in [0.2, 0.25) is 5.91 Å². The summed E-state index contributed by atoms with van der Waals surface area (Å²) >= 11 is 0. The Labute approximate surface area is 126 Å². The molecule has 0 radical (unpaired) electrons. The highest BCUT2D eigenvalue weighted by atomic mass is 16.4. The fourth-order valence-electron chi connectivity index (χ4n) is 1.74. The molecule has 21 heavy (non-hydrogen) atoms. The molecule has 0 aromatic carbocycles. The Kier molecular flexibility index (Phi) is 17.0. The minimum Gasteiger partial charge on any atom is -0.481 e. The first-order valence-electron chi connectivity index (χ1n) is 7.62. The number of hydrogen-bond donors (Lipinski definition) is 3. The van der Waals surface area contributed by atoms with Gasteiger partial charge in [0.1, 0.15) is 6.42 Å².